The molecular weight excluding hydrogens is 152 g/mol. The maximum atomic E-state index is 11.1. The summed E-state index contributed by atoms with van der Waals surface area (Å²) in [6.45, 7) is 4.05. The molecule has 1 aliphatic rings. The van der Waals surface area contributed by atoms with Crippen molar-refractivity contribution >= 4 is 5.97 Å². The Kier molecular flexibility index (Phi) is 3.40. The van der Waals surface area contributed by atoms with Crippen molar-refractivity contribution in [3.05, 3.63) is 12.7 Å². The summed E-state index contributed by atoms with van der Waals surface area (Å²) < 4.78 is 4.89. The van der Waals surface area contributed by atoms with E-state index >= 15 is 0 Å². The molecule has 0 aromatic heterocycles. The van der Waals surface area contributed by atoms with E-state index in [4.69, 9.17) is 4.74 Å². The average molecular weight is 164 g/mol. The van der Waals surface area contributed by atoms with Crippen LogP contribution in [0.3, 0.4) is 0 Å². The molecule has 2 heteroatoms. The summed E-state index contributed by atoms with van der Waals surface area (Å²) in [6, 6.07) is 0. The zero-order valence-corrected chi connectivity index (χ0v) is 7.01. The quantitative estimate of drug-likeness (QED) is 0.434. The van der Waals surface area contributed by atoms with Gasteiger partial charge in [0.05, 0.1) is 12.5 Å². The monoisotopic (exact) mass is 164 g/mol. The molecule has 0 amide bonds. The van der Waals surface area contributed by atoms with Crippen LogP contribution in [0, 0.1) is 17.8 Å². The molecule has 2 nitrogen and oxygen atoms in total. The van der Waals surface area contributed by atoms with Crippen LogP contribution >= 0.6 is 0 Å². The average Bonchev–Trinajstić information content (AvgIpc) is 2.09. The minimum atomic E-state index is -0.0976. The first kappa shape index (κ1) is 8.86. The van der Waals surface area contributed by atoms with E-state index in [9.17, 15) is 4.79 Å². The number of esters is 1. The zero-order chi connectivity index (χ0) is 8.81. The molecule has 1 atom stereocenters. The Morgan fingerprint density at radius 3 is 3.25 bits per heavy atom. The maximum Gasteiger partial charge on any atom is 0.309 e. The highest BCUT2D eigenvalue weighted by Gasteiger charge is 2.22. The second-order valence-electron chi connectivity index (χ2n) is 2.74. The minimum absolute atomic E-state index is 0.00815. The Morgan fingerprint density at radius 2 is 2.58 bits per heavy atom. The van der Waals surface area contributed by atoms with Crippen LogP contribution < -0.4 is 0 Å². The number of hydrogen-bond donors (Lipinski definition) is 0. The van der Waals surface area contributed by atoms with E-state index < -0.39 is 0 Å². The molecule has 0 bridgehead atoms. The van der Waals surface area contributed by atoms with Gasteiger partial charge in [-0.2, -0.15) is 0 Å². The summed E-state index contributed by atoms with van der Waals surface area (Å²) in [6.07, 6.45) is 4.01. The molecule has 0 radical (unpaired) electrons. The molecule has 0 N–H and O–H groups in total. The van der Waals surface area contributed by atoms with Crippen molar-refractivity contribution in [2.24, 2.45) is 5.92 Å². The lowest BCUT2D eigenvalue weighted by molar-refractivity contribution is -0.152. The highest BCUT2D eigenvalue weighted by atomic mass is 16.5. The fraction of sp³-hybridized carbons (Fsp3) is 0.500. The summed E-state index contributed by atoms with van der Waals surface area (Å²) in [5.41, 5.74) is 0. The first-order valence-electron chi connectivity index (χ1n) is 4.10. The van der Waals surface area contributed by atoms with Gasteiger partial charge >= 0.3 is 5.97 Å². The van der Waals surface area contributed by atoms with Crippen LogP contribution in [0.4, 0.5) is 0 Å². The van der Waals surface area contributed by atoms with Crippen molar-refractivity contribution in [1.29, 1.82) is 0 Å². The van der Waals surface area contributed by atoms with Crippen molar-refractivity contribution in [2.75, 3.05) is 6.61 Å². The van der Waals surface area contributed by atoms with Crippen LogP contribution in [0.5, 0.6) is 0 Å². The summed E-state index contributed by atoms with van der Waals surface area (Å²) in [5.74, 6) is 5.48. The van der Waals surface area contributed by atoms with Crippen LogP contribution in [0.1, 0.15) is 19.3 Å². The van der Waals surface area contributed by atoms with Crippen LogP contribution in [0.15, 0.2) is 12.7 Å². The maximum absolute atomic E-state index is 11.1. The lowest BCUT2D eigenvalue weighted by Gasteiger charge is -2.18. The summed E-state index contributed by atoms with van der Waals surface area (Å²) in [5, 5.41) is 0. The van der Waals surface area contributed by atoms with Crippen LogP contribution in [-0.4, -0.2) is 12.6 Å². The smallest absolute Gasteiger partial charge is 0.309 e. The third-order valence-corrected chi connectivity index (χ3v) is 1.83. The van der Waals surface area contributed by atoms with Gasteiger partial charge in [-0.3, -0.25) is 4.79 Å². The molecule has 0 aliphatic carbocycles. The Bertz CT molecular complexity index is 232. The van der Waals surface area contributed by atoms with Crippen molar-refractivity contribution in [3.8, 4) is 11.8 Å². The van der Waals surface area contributed by atoms with Crippen LogP contribution in [0.25, 0.3) is 0 Å². The normalized spacial score (nSPS) is 22.0. The van der Waals surface area contributed by atoms with Gasteiger partial charge < -0.3 is 4.74 Å². The number of hydrogen-bond acceptors (Lipinski definition) is 2. The molecule has 0 aromatic rings. The van der Waals surface area contributed by atoms with Gasteiger partial charge in [0.1, 0.15) is 0 Å². The Hall–Kier alpha value is -1.23. The van der Waals surface area contributed by atoms with Crippen molar-refractivity contribution < 1.29 is 9.53 Å². The van der Waals surface area contributed by atoms with E-state index in [-0.39, 0.29) is 11.9 Å². The standard InChI is InChI=1S/C10H12O2/c1-2-3-4-6-9-7-5-8-12-10(9)11/h2,9H,1,5-8H2. The molecule has 0 aromatic carbocycles. The fourth-order valence-electron chi connectivity index (χ4n) is 1.18. The van der Waals surface area contributed by atoms with Gasteiger partial charge in [-0.15, -0.1) is 0 Å². The van der Waals surface area contributed by atoms with Gasteiger partial charge in [-0.25, -0.2) is 0 Å². The van der Waals surface area contributed by atoms with E-state index in [2.05, 4.69) is 18.4 Å². The molecule has 1 rings (SSSR count). The summed E-state index contributed by atoms with van der Waals surface area (Å²) in [7, 11) is 0. The first-order chi connectivity index (χ1) is 5.84. The number of carbonyl (C=O) groups is 1. The van der Waals surface area contributed by atoms with Crippen molar-refractivity contribution in [1.82, 2.24) is 0 Å². The Labute approximate surface area is 72.6 Å². The zero-order valence-electron chi connectivity index (χ0n) is 7.01. The van der Waals surface area contributed by atoms with Crippen LogP contribution in [-0.2, 0) is 9.53 Å². The van der Waals surface area contributed by atoms with E-state index in [1.807, 2.05) is 0 Å². The van der Waals surface area contributed by atoms with Gasteiger partial charge in [0.25, 0.3) is 0 Å². The third-order valence-electron chi connectivity index (χ3n) is 1.83. The fourth-order valence-corrected chi connectivity index (χ4v) is 1.18. The molecule has 1 fully saturated rings. The van der Waals surface area contributed by atoms with Gasteiger partial charge in [-0.05, 0) is 18.9 Å². The molecule has 0 spiro atoms. The molecule has 1 saturated heterocycles. The lowest BCUT2D eigenvalue weighted by Crippen LogP contribution is -2.23. The largest absolute Gasteiger partial charge is 0.465 e. The number of allylic oxidation sites excluding steroid dienone is 1. The topological polar surface area (TPSA) is 26.3 Å². The molecule has 0 saturated carbocycles. The number of rotatable bonds is 1. The van der Waals surface area contributed by atoms with Crippen molar-refractivity contribution in [3.63, 3.8) is 0 Å². The second-order valence-corrected chi connectivity index (χ2v) is 2.74. The second kappa shape index (κ2) is 4.61. The predicted molar refractivity (Wildman–Crippen MR) is 46.3 cm³/mol. The van der Waals surface area contributed by atoms with E-state index in [0.717, 1.165) is 12.8 Å². The number of ether oxygens (including phenoxy) is 1. The Morgan fingerprint density at radius 1 is 1.75 bits per heavy atom. The van der Waals surface area contributed by atoms with Gasteiger partial charge in [0, 0.05) is 6.42 Å². The summed E-state index contributed by atoms with van der Waals surface area (Å²) in [4.78, 5) is 11.1. The minimum Gasteiger partial charge on any atom is -0.465 e. The molecule has 1 aliphatic heterocycles. The molecule has 12 heavy (non-hydrogen) atoms. The Balaban J connectivity index is 2.39. The van der Waals surface area contributed by atoms with E-state index in [1.54, 1.807) is 0 Å². The molecule has 1 heterocycles. The van der Waals surface area contributed by atoms with E-state index in [0.29, 0.717) is 13.0 Å². The molecule has 1 unspecified atom stereocenters. The van der Waals surface area contributed by atoms with Gasteiger partial charge in [-0.1, -0.05) is 18.4 Å². The number of cyclic esters (lactones) is 1. The van der Waals surface area contributed by atoms with Crippen LogP contribution in [0.2, 0.25) is 0 Å². The SMILES string of the molecule is C=CC#CCC1CCCOC1=O. The third kappa shape index (κ3) is 2.43. The highest BCUT2D eigenvalue weighted by molar-refractivity contribution is 5.73. The number of carbonyl (C=O) groups excluding carboxylic acids is 1. The van der Waals surface area contributed by atoms with Gasteiger partial charge in [0.2, 0.25) is 0 Å². The van der Waals surface area contributed by atoms with Gasteiger partial charge in [0.15, 0.2) is 0 Å². The predicted octanol–water partition coefficient (Wildman–Crippen LogP) is 1.52. The first-order valence-corrected chi connectivity index (χ1v) is 4.10. The molecular formula is C10H12O2. The lowest BCUT2D eigenvalue weighted by atomic mass is 9.98. The molecule has 64 valence electrons. The van der Waals surface area contributed by atoms with E-state index in [1.165, 1.54) is 6.08 Å². The summed E-state index contributed by atoms with van der Waals surface area (Å²) >= 11 is 0. The van der Waals surface area contributed by atoms with Crippen molar-refractivity contribution in [2.45, 2.75) is 19.3 Å². The highest BCUT2D eigenvalue weighted by Crippen LogP contribution is 2.17.